The lowest BCUT2D eigenvalue weighted by Crippen LogP contribution is -2.02. The van der Waals surface area contributed by atoms with Crippen LogP contribution < -0.4 is 10.1 Å². The molecule has 2 rings (SSSR count). The highest BCUT2D eigenvalue weighted by Gasteiger charge is 2.04. The summed E-state index contributed by atoms with van der Waals surface area (Å²) in [4.78, 5) is 0. The first-order valence-electron chi connectivity index (χ1n) is 6.23. The van der Waals surface area contributed by atoms with Gasteiger partial charge in [-0.15, -0.1) is 0 Å². The van der Waals surface area contributed by atoms with Crippen LogP contribution in [-0.4, -0.2) is 7.11 Å². The molecule has 0 amide bonds. The highest BCUT2D eigenvalue weighted by Crippen LogP contribution is 2.23. The predicted octanol–water partition coefficient (Wildman–Crippen LogP) is 4.58. The molecule has 3 heteroatoms. The van der Waals surface area contributed by atoms with Gasteiger partial charge < -0.3 is 10.1 Å². The zero-order chi connectivity index (χ0) is 13.8. The normalized spacial score (nSPS) is 10.3. The van der Waals surface area contributed by atoms with E-state index in [1.807, 2.05) is 37.3 Å². The van der Waals surface area contributed by atoms with E-state index in [2.05, 4.69) is 18.3 Å². The SMILES string of the molecule is COc1ccc(C)cc1CNc1ccc(C)c(Cl)c1. The van der Waals surface area contributed by atoms with Crippen molar-refractivity contribution in [3.05, 3.63) is 58.1 Å². The molecule has 0 bridgehead atoms. The number of aryl methyl sites for hydroxylation is 2. The van der Waals surface area contributed by atoms with Gasteiger partial charge in [0.2, 0.25) is 0 Å². The highest BCUT2D eigenvalue weighted by molar-refractivity contribution is 6.31. The third kappa shape index (κ3) is 3.42. The fourth-order valence-electron chi connectivity index (χ4n) is 1.95. The van der Waals surface area contributed by atoms with Crippen LogP contribution in [0.4, 0.5) is 5.69 Å². The summed E-state index contributed by atoms with van der Waals surface area (Å²) in [7, 11) is 1.69. The summed E-state index contributed by atoms with van der Waals surface area (Å²) in [5, 5.41) is 4.15. The van der Waals surface area contributed by atoms with Crippen LogP contribution in [0.1, 0.15) is 16.7 Å². The van der Waals surface area contributed by atoms with Crippen molar-refractivity contribution in [2.45, 2.75) is 20.4 Å². The second-order valence-corrected chi connectivity index (χ2v) is 5.04. The van der Waals surface area contributed by atoms with E-state index < -0.39 is 0 Å². The van der Waals surface area contributed by atoms with Crippen LogP contribution in [0.25, 0.3) is 0 Å². The van der Waals surface area contributed by atoms with Crippen molar-refractivity contribution in [1.29, 1.82) is 0 Å². The molecule has 0 unspecified atom stereocenters. The van der Waals surface area contributed by atoms with Gasteiger partial charge in [0.25, 0.3) is 0 Å². The Labute approximate surface area is 119 Å². The molecule has 0 heterocycles. The molecule has 0 aliphatic carbocycles. The zero-order valence-electron chi connectivity index (χ0n) is 11.5. The van der Waals surface area contributed by atoms with Crippen LogP contribution in [0.2, 0.25) is 5.02 Å². The van der Waals surface area contributed by atoms with Crippen molar-refractivity contribution in [2.75, 3.05) is 12.4 Å². The van der Waals surface area contributed by atoms with E-state index in [0.29, 0.717) is 6.54 Å². The second kappa shape index (κ2) is 5.98. The Bertz CT molecular complexity index is 581. The third-order valence-corrected chi connectivity index (χ3v) is 3.50. The minimum Gasteiger partial charge on any atom is -0.496 e. The molecule has 1 N–H and O–H groups in total. The Morgan fingerprint density at radius 1 is 1.11 bits per heavy atom. The van der Waals surface area contributed by atoms with E-state index >= 15 is 0 Å². The molecule has 0 spiro atoms. The Balaban J connectivity index is 2.13. The van der Waals surface area contributed by atoms with E-state index in [0.717, 1.165) is 27.6 Å². The molecule has 0 fully saturated rings. The van der Waals surface area contributed by atoms with E-state index in [4.69, 9.17) is 16.3 Å². The monoisotopic (exact) mass is 275 g/mol. The molecule has 0 aliphatic heterocycles. The van der Waals surface area contributed by atoms with Gasteiger partial charge in [0.1, 0.15) is 5.75 Å². The lowest BCUT2D eigenvalue weighted by atomic mass is 10.1. The molecular formula is C16H18ClNO. The van der Waals surface area contributed by atoms with Gasteiger partial charge in [-0.25, -0.2) is 0 Å². The van der Waals surface area contributed by atoms with Gasteiger partial charge >= 0.3 is 0 Å². The minimum atomic E-state index is 0.713. The maximum absolute atomic E-state index is 6.11. The predicted molar refractivity (Wildman–Crippen MR) is 81.2 cm³/mol. The number of benzene rings is 2. The van der Waals surface area contributed by atoms with E-state index in [1.54, 1.807) is 7.11 Å². The van der Waals surface area contributed by atoms with Crippen LogP contribution in [0.3, 0.4) is 0 Å². The summed E-state index contributed by atoms with van der Waals surface area (Å²) in [6.45, 7) is 4.78. The van der Waals surface area contributed by atoms with E-state index in [9.17, 15) is 0 Å². The highest BCUT2D eigenvalue weighted by atomic mass is 35.5. The standard InChI is InChI=1S/C16H18ClNO/c1-11-4-7-16(19-3)13(8-11)10-18-14-6-5-12(2)15(17)9-14/h4-9,18H,10H2,1-3H3. The fraction of sp³-hybridized carbons (Fsp3) is 0.250. The number of ether oxygens (including phenoxy) is 1. The summed E-state index contributed by atoms with van der Waals surface area (Å²) in [6, 6.07) is 12.2. The van der Waals surface area contributed by atoms with E-state index in [-0.39, 0.29) is 0 Å². The molecule has 0 aliphatic rings. The summed E-state index contributed by atoms with van der Waals surface area (Å²) in [6.07, 6.45) is 0. The smallest absolute Gasteiger partial charge is 0.123 e. The summed E-state index contributed by atoms with van der Waals surface area (Å²) >= 11 is 6.11. The lowest BCUT2D eigenvalue weighted by Gasteiger charge is -2.12. The molecule has 0 saturated carbocycles. The van der Waals surface area contributed by atoms with Gasteiger partial charge in [-0.3, -0.25) is 0 Å². The van der Waals surface area contributed by atoms with Crippen LogP contribution in [-0.2, 0) is 6.54 Å². The van der Waals surface area contributed by atoms with Crippen molar-refractivity contribution in [3.8, 4) is 5.75 Å². The zero-order valence-corrected chi connectivity index (χ0v) is 12.2. The molecule has 100 valence electrons. The number of anilines is 1. The number of halogens is 1. The van der Waals surface area contributed by atoms with Crippen LogP contribution in [0, 0.1) is 13.8 Å². The molecule has 0 saturated heterocycles. The topological polar surface area (TPSA) is 21.3 Å². The average molecular weight is 276 g/mol. The molecule has 0 atom stereocenters. The third-order valence-electron chi connectivity index (χ3n) is 3.09. The van der Waals surface area contributed by atoms with Crippen LogP contribution in [0.5, 0.6) is 5.75 Å². The largest absolute Gasteiger partial charge is 0.496 e. The Kier molecular flexibility index (Phi) is 4.33. The number of hydrogen-bond acceptors (Lipinski definition) is 2. The van der Waals surface area contributed by atoms with Gasteiger partial charge in [0, 0.05) is 22.8 Å². The second-order valence-electron chi connectivity index (χ2n) is 4.63. The number of methoxy groups -OCH3 is 1. The molecule has 0 radical (unpaired) electrons. The molecule has 0 aromatic heterocycles. The van der Waals surface area contributed by atoms with Crippen molar-refractivity contribution in [1.82, 2.24) is 0 Å². The van der Waals surface area contributed by atoms with Crippen molar-refractivity contribution in [2.24, 2.45) is 0 Å². The quantitative estimate of drug-likeness (QED) is 0.882. The minimum absolute atomic E-state index is 0.713. The number of nitrogens with one attached hydrogen (secondary N) is 1. The molecule has 19 heavy (non-hydrogen) atoms. The number of rotatable bonds is 4. The Morgan fingerprint density at radius 2 is 1.89 bits per heavy atom. The average Bonchev–Trinajstić information content (AvgIpc) is 2.40. The van der Waals surface area contributed by atoms with Gasteiger partial charge in [-0.2, -0.15) is 0 Å². The first-order chi connectivity index (χ1) is 9.10. The van der Waals surface area contributed by atoms with Crippen molar-refractivity contribution in [3.63, 3.8) is 0 Å². The summed E-state index contributed by atoms with van der Waals surface area (Å²) < 4.78 is 5.37. The van der Waals surface area contributed by atoms with Gasteiger partial charge in [0.05, 0.1) is 7.11 Å². The summed E-state index contributed by atoms with van der Waals surface area (Å²) in [5.41, 5.74) is 4.46. The van der Waals surface area contributed by atoms with Crippen LogP contribution in [0.15, 0.2) is 36.4 Å². The van der Waals surface area contributed by atoms with Gasteiger partial charge in [-0.1, -0.05) is 35.4 Å². The van der Waals surface area contributed by atoms with Gasteiger partial charge in [0.15, 0.2) is 0 Å². The molecular weight excluding hydrogens is 258 g/mol. The fourth-order valence-corrected chi connectivity index (χ4v) is 2.13. The first kappa shape index (κ1) is 13.8. The van der Waals surface area contributed by atoms with E-state index in [1.165, 1.54) is 5.56 Å². The lowest BCUT2D eigenvalue weighted by molar-refractivity contribution is 0.410. The maximum Gasteiger partial charge on any atom is 0.123 e. The maximum atomic E-state index is 6.11. The molecule has 2 aromatic rings. The van der Waals surface area contributed by atoms with Crippen molar-refractivity contribution >= 4 is 17.3 Å². The molecule has 2 aromatic carbocycles. The van der Waals surface area contributed by atoms with Crippen molar-refractivity contribution < 1.29 is 4.74 Å². The number of hydrogen-bond donors (Lipinski definition) is 1. The first-order valence-corrected chi connectivity index (χ1v) is 6.61. The summed E-state index contributed by atoms with van der Waals surface area (Å²) in [5.74, 6) is 0.899. The van der Waals surface area contributed by atoms with Gasteiger partial charge in [-0.05, 0) is 37.6 Å². The van der Waals surface area contributed by atoms with Crippen LogP contribution >= 0.6 is 11.6 Å². The Hall–Kier alpha value is -1.67. The Morgan fingerprint density at radius 3 is 2.58 bits per heavy atom. The molecule has 2 nitrogen and oxygen atoms in total.